The molecule has 0 radical (unpaired) electrons. The number of carbonyl (C=O) groups is 2. The molecule has 0 unspecified atom stereocenters. The Bertz CT molecular complexity index is 545. The van der Waals surface area contributed by atoms with Gasteiger partial charge >= 0.3 is 5.17 Å². The van der Waals surface area contributed by atoms with E-state index in [9.17, 15) is 9.59 Å². The van der Waals surface area contributed by atoms with E-state index >= 15 is 0 Å². The molecular weight excluding hydrogens is 286 g/mol. The number of amidine groups is 1. The molecule has 1 aromatic rings. The zero-order valence-electron chi connectivity index (χ0n) is 12.3. The topological polar surface area (TPSA) is 63.4 Å². The predicted octanol–water partition coefficient (Wildman–Crippen LogP) is 0.118. The monoisotopic (exact) mass is 306 g/mol. The van der Waals surface area contributed by atoms with Crippen LogP contribution in [0.4, 0.5) is 5.69 Å². The van der Waals surface area contributed by atoms with Crippen LogP contribution in [-0.2, 0) is 9.59 Å². The van der Waals surface area contributed by atoms with Gasteiger partial charge in [-0.15, -0.1) is 0 Å². The van der Waals surface area contributed by atoms with Crippen LogP contribution >= 0.6 is 11.8 Å². The SMILES string of the molecule is CCNC(=[NH+]CC)S[C@@H]1CC(=O)N(c2ccccc2)C1=O. The predicted molar refractivity (Wildman–Crippen MR) is 85.1 cm³/mol. The molecule has 0 saturated carbocycles. The van der Waals surface area contributed by atoms with Crippen molar-refractivity contribution in [1.82, 2.24) is 5.32 Å². The number of carbonyl (C=O) groups excluding carboxylic acids is 2. The summed E-state index contributed by atoms with van der Waals surface area (Å²) in [6.45, 7) is 5.53. The van der Waals surface area contributed by atoms with Crippen molar-refractivity contribution in [2.24, 2.45) is 0 Å². The molecule has 1 aromatic carbocycles. The molecule has 2 N–H and O–H groups in total. The van der Waals surface area contributed by atoms with E-state index in [0.29, 0.717) is 5.69 Å². The Hall–Kier alpha value is -1.82. The molecular formula is C15H20N3O2S+. The highest BCUT2D eigenvalue weighted by Crippen LogP contribution is 2.29. The van der Waals surface area contributed by atoms with E-state index in [2.05, 4.69) is 10.3 Å². The summed E-state index contributed by atoms with van der Waals surface area (Å²) in [5, 5.41) is 3.67. The summed E-state index contributed by atoms with van der Waals surface area (Å²) in [5.41, 5.74) is 0.643. The third kappa shape index (κ3) is 3.64. The molecule has 1 aliphatic rings. The Morgan fingerprint density at radius 3 is 2.67 bits per heavy atom. The summed E-state index contributed by atoms with van der Waals surface area (Å²) in [6.07, 6.45) is 0.235. The van der Waals surface area contributed by atoms with Crippen LogP contribution in [-0.4, -0.2) is 35.3 Å². The normalized spacial score (nSPS) is 19.2. The molecule has 1 saturated heterocycles. The Kier molecular flexibility index (Phi) is 5.38. The minimum absolute atomic E-state index is 0.143. The van der Waals surface area contributed by atoms with Crippen molar-refractivity contribution >= 4 is 34.4 Å². The van der Waals surface area contributed by atoms with Crippen LogP contribution in [0.2, 0.25) is 0 Å². The average Bonchev–Trinajstić information content (AvgIpc) is 2.75. The number of rotatable bonds is 4. The molecule has 1 fully saturated rings. The Morgan fingerprint density at radius 2 is 2.05 bits per heavy atom. The highest BCUT2D eigenvalue weighted by molar-refractivity contribution is 8.14. The van der Waals surface area contributed by atoms with Gasteiger partial charge in [0.2, 0.25) is 11.8 Å². The molecule has 21 heavy (non-hydrogen) atoms. The third-order valence-electron chi connectivity index (χ3n) is 3.05. The van der Waals surface area contributed by atoms with Gasteiger partial charge in [-0.1, -0.05) is 18.2 Å². The van der Waals surface area contributed by atoms with Gasteiger partial charge in [0.25, 0.3) is 0 Å². The van der Waals surface area contributed by atoms with E-state index in [4.69, 9.17) is 0 Å². The molecule has 1 atom stereocenters. The van der Waals surface area contributed by atoms with Gasteiger partial charge in [-0.25, -0.2) is 4.90 Å². The van der Waals surface area contributed by atoms with Gasteiger partial charge < -0.3 is 0 Å². The minimum Gasteiger partial charge on any atom is -0.274 e. The van der Waals surface area contributed by atoms with Crippen LogP contribution in [0, 0.1) is 0 Å². The largest absolute Gasteiger partial charge is 0.304 e. The zero-order valence-corrected chi connectivity index (χ0v) is 13.1. The molecule has 0 aliphatic carbocycles. The number of para-hydroxylation sites is 1. The average molecular weight is 306 g/mol. The standard InChI is InChI=1S/C15H19N3O2S/c1-3-16-15(17-4-2)21-12-10-13(19)18(14(12)20)11-8-6-5-7-9-11/h5-9,12H,3-4,10H2,1-2H3,(H,16,17)/p+1/t12-/m1/s1. The number of amides is 2. The maximum absolute atomic E-state index is 12.5. The fraction of sp³-hybridized carbons (Fsp3) is 0.400. The fourth-order valence-electron chi connectivity index (χ4n) is 2.15. The van der Waals surface area contributed by atoms with Gasteiger partial charge in [-0.3, -0.25) is 19.9 Å². The van der Waals surface area contributed by atoms with Crippen molar-refractivity contribution in [3.8, 4) is 0 Å². The molecule has 1 aliphatic heterocycles. The van der Waals surface area contributed by atoms with E-state index in [1.54, 1.807) is 12.1 Å². The maximum atomic E-state index is 12.5. The lowest BCUT2D eigenvalue weighted by molar-refractivity contribution is -0.451. The second-order valence-electron chi connectivity index (χ2n) is 4.60. The Morgan fingerprint density at radius 1 is 1.33 bits per heavy atom. The second-order valence-corrected chi connectivity index (χ2v) is 5.82. The number of nitrogens with one attached hydrogen (secondary N) is 2. The number of nitrogens with zero attached hydrogens (tertiary/aromatic N) is 1. The summed E-state index contributed by atoms with van der Waals surface area (Å²) in [6, 6.07) is 9.07. The summed E-state index contributed by atoms with van der Waals surface area (Å²) in [7, 11) is 0. The first-order valence-electron chi connectivity index (χ1n) is 7.10. The van der Waals surface area contributed by atoms with Gasteiger partial charge in [0, 0.05) is 6.42 Å². The summed E-state index contributed by atoms with van der Waals surface area (Å²) >= 11 is 1.39. The highest BCUT2D eigenvalue weighted by Gasteiger charge is 2.41. The molecule has 0 bridgehead atoms. The van der Waals surface area contributed by atoms with Crippen molar-refractivity contribution in [2.45, 2.75) is 25.5 Å². The van der Waals surface area contributed by atoms with Crippen molar-refractivity contribution in [2.75, 3.05) is 18.0 Å². The van der Waals surface area contributed by atoms with Crippen LogP contribution in [0.25, 0.3) is 0 Å². The smallest absolute Gasteiger partial charge is 0.274 e. The number of hydrogen-bond donors (Lipinski definition) is 2. The molecule has 112 valence electrons. The van der Waals surface area contributed by atoms with E-state index in [1.807, 2.05) is 32.0 Å². The minimum atomic E-state index is -0.370. The molecule has 2 amide bonds. The van der Waals surface area contributed by atoms with Crippen LogP contribution in [0.5, 0.6) is 0 Å². The summed E-state index contributed by atoms with van der Waals surface area (Å²) in [5.74, 6) is -0.291. The second kappa shape index (κ2) is 7.26. The van der Waals surface area contributed by atoms with Crippen molar-refractivity contribution in [1.29, 1.82) is 0 Å². The van der Waals surface area contributed by atoms with Crippen molar-refractivity contribution < 1.29 is 14.6 Å². The van der Waals surface area contributed by atoms with Crippen molar-refractivity contribution in [3.63, 3.8) is 0 Å². The first-order chi connectivity index (χ1) is 10.2. The lowest BCUT2D eigenvalue weighted by atomic mass is 10.3. The van der Waals surface area contributed by atoms with E-state index < -0.39 is 0 Å². The molecule has 0 aromatic heterocycles. The lowest BCUT2D eigenvalue weighted by Gasteiger charge is -2.14. The molecule has 1 heterocycles. The number of benzene rings is 1. The molecule has 2 rings (SSSR count). The van der Waals surface area contributed by atoms with Gasteiger partial charge in [0.1, 0.15) is 5.25 Å². The van der Waals surface area contributed by atoms with Crippen LogP contribution in [0.1, 0.15) is 20.3 Å². The Labute approximate surface area is 128 Å². The first kappa shape index (κ1) is 15.6. The summed E-state index contributed by atoms with van der Waals surface area (Å²) in [4.78, 5) is 29.1. The van der Waals surface area contributed by atoms with Crippen LogP contribution in [0.3, 0.4) is 0 Å². The van der Waals surface area contributed by atoms with E-state index in [-0.39, 0.29) is 23.5 Å². The highest BCUT2D eigenvalue weighted by atomic mass is 32.2. The molecule has 0 spiro atoms. The number of hydrogen-bond acceptors (Lipinski definition) is 3. The molecule has 6 heteroatoms. The molecule has 5 nitrogen and oxygen atoms in total. The van der Waals surface area contributed by atoms with Crippen LogP contribution in [0.15, 0.2) is 30.3 Å². The quantitative estimate of drug-likeness (QED) is 0.471. The Balaban J connectivity index is 2.13. The van der Waals surface area contributed by atoms with Crippen LogP contribution < -0.4 is 15.2 Å². The van der Waals surface area contributed by atoms with E-state index in [0.717, 1.165) is 18.3 Å². The summed E-state index contributed by atoms with van der Waals surface area (Å²) < 4.78 is 0. The number of thioether (sulfide) groups is 1. The first-order valence-corrected chi connectivity index (χ1v) is 7.98. The zero-order chi connectivity index (χ0) is 15.2. The van der Waals surface area contributed by atoms with Crippen molar-refractivity contribution in [3.05, 3.63) is 30.3 Å². The van der Waals surface area contributed by atoms with E-state index in [1.165, 1.54) is 16.7 Å². The number of imide groups is 1. The van der Waals surface area contributed by atoms with Gasteiger partial charge in [-0.05, 0) is 37.7 Å². The van der Waals surface area contributed by atoms with Gasteiger partial charge in [0.15, 0.2) is 0 Å². The number of anilines is 1. The maximum Gasteiger partial charge on any atom is 0.304 e. The lowest BCUT2D eigenvalue weighted by Crippen LogP contribution is -2.74. The third-order valence-corrected chi connectivity index (χ3v) is 4.23. The van der Waals surface area contributed by atoms with Gasteiger partial charge in [-0.2, -0.15) is 0 Å². The van der Waals surface area contributed by atoms with Gasteiger partial charge in [0.05, 0.1) is 18.8 Å². The fourth-order valence-corrected chi connectivity index (χ4v) is 3.33.